The molecule has 0 atom stereocenters. The predicted molar refractivity (Wildman–Crippen MR) is 131 cm³/mol. The smallest absolute Gasteiger partial charge is 0.254 e. The van der Waals surface area contributed by atoms with Crippen molar-refractivity contribution >= 4 is 38.6 Å². The van der Waals surface area contributed by atoms with E-state index in [1.54, 1.807) is 0 Å². The van der Waals surface area contributed by atoms with E-state index in [-0.39, 0.29) is 17.7 Å². The number of nitrogens with zero attached hydrogens (tertiary/aromatic N) is 2. The average Bonchev–Trinajstić information content (AvgIpc) is 2.82. The Balaban J connectivity index is 1.56. The Bertz CT molecular complexity index is 1120. The van der Waals surface area contributed by atoms with Gasteiger partial charge in [0.15, 0.2) is 0 Å². The van der Waals surface area contributed by atoms with Crippen LogP contribution in [0, 0.1) is 11.8 Å². The molecule has 6 heteroatoms. The van der Waals surface area contributed by atoms with Crippen LogP contribution in [0.1, 0.15) is 37.0 Å². The van der Waals surface area contributed by atoms with Crippen molar-refractivity contribution in [1.29, 1.82) is 0 Å². The molecule has 166 valence electrons. The summed E-state index contributed by atoms with van der Waals surface area (Å²) in [4.78, 5) is 32.6. The zero-order chi connectivity index (χ0) is 22.7. The largest absolute Gasteiger partial charge is 0.356 e. The molecule has 3 aromatic rings. The lowest BCUT2D eigenvalue weighted by atomic mass is 9.94. The maximum absolute atomic E-state index is 13.5. The summed E-state index contributed by atoms with van der Waals surface area (Å²) >= 11 is 3.47. The maximum atomic E-state index is 13.5. The summed E-state index contributed by atoms with van der Waals surface area (Å²) in [5, 5.41) is 3.88. The van der Waals surface area contributed by atoms with E-state index >= 15 is 0 Å². The van der Waals surface area contributed by atoms with E-state index < -0.39 is 0 Å². The second-order valence-electron chi connectivity index (χ2n) is 8.78. The number of fused-ring (bicyclic) bond motifs is 1. The molecule has 0 aliphatic carbocycles. The molecule has 0 spiro atoms. The van der Waals surface area contributed by atoms with Gasteiger partial charge in [-0.15, -0.1) is 0 Å². The Labute approximate surface area is 197 Å². The van der Waals surface area contributed by atoms with Crippen LogP contribution < -0.4 is 5.32 Å². The molecular weight excluding hydrogens is 466 g/mol. The number of pyridine rings is 1. The summed E-state index contributed by atoms with van der Waals surface area (Å²) in [6, 6.07) is 17.6. The van der Waals surface area contributed by atoms with E-state index in [0.29, 0.717) is 44.0 Å². The second-order valence-corrected chi connectivity index (χ2v) is 9.70. The molecule has 1 saturated heterocycles. The van der Waals surface area contributed by atoms with E-state index in [1.807, 2.05) is 59.5 Å². The molecule has 2 aromatic carbocycles. The van der Waals surface area contributed by atoms with Gasteiger partial charge in [0.05, 0.1) is 16.8 Å². The lowest BCUT2D eigenvalue weighted by Crippen LogP contribution is -2.43. The first-order valence-electron chi connectivity index (χ1n) is 11.1. The number of rotatable bonds is 5. The molecule has 0 radical (unpaired) electrons. The number of carbonyl (C=O) groups excluding carboxylic acids is 2. The number of halogens is 1. The Morgan fingerprint density at radius 3 is 2.47 bits per heavy atom. The standard InChI is InChI=1S/C26H28BrN3O2/c1-17(2)16-28-25(31)19-11-13-30(14-12-19)26(32)22-15-24(18-7-9-20(27)10-8-18)29-23-6-4-3-5-21(22)23/h3-10,15,17,19H,11-14,16H2,1-2H3,(H,28,31). The van der Waals surface area contributed by atoms with Gasteiger partial charge in [-0.1, -0.05) is 60.1 Å². The zero-order valence-corrected chi connectivity index (χ0v) is 20.1. The summed E-state index contributed by atoms with van der Waals surface area (Å²) in [6.07, 6.45) is 1.39. The van der Waals surface area contributed by atoms with E-state index in [0.717, 1.165) is 26.6 Å². The topological polar surface area (TPSA) is 62.3 Å². The van der Waals surface area contributed by atoms with Crippen LogP contribution in [0.4, 0.5) is 0 Å². The average molecular weight is 494 g/mol. The van der Waals surface area contributed by atoms with Crippen molar-refractivity contribution in [2.24, 2.45) is 11.8 Å². The normalized spacial score (nSPS) is 14.7. The highest BCUT2D eigenvalue weighted by Crippen LogP contribution is 2.28. The fourth-order valence-corrected chi connectivity index (χ4v) is 4.35. The van der Waals surface area contributed by atoms with Gasteiger partial charge in [0.2, 0.25) is 5.91 Å². The van der Waals surface area contributed by atoms with Crippen molar-refractivity contribution in [2.45, 2.75) is 26.7 Å². The maximum Gasteiger partial charge on any atom is 0.254 e. The highest BCUT2D eigenvalue weighted by molar-refractivity contribution is 9.10. The number of aromatic nitrogens is 1. The van der Waals surface area contributed by atoms with Crippen LogP contribution in [0.3, 0.4) is 0 Å². The lowest BCUT2D eigenvalue weighted by Gasteiger charge is -2.32. The van der Waals surface area contributed by atoms with Crippen LogP contribution in [0.25, 0.3) is 22.2 Å². The molecule has 0 unspecified atom stereocenters. The molecule has 0 saturated carbocycles. The number of carbonyl (C=O) groups is 2. The molecule has 1 aromatic heterocycles. The molecule has 1 aliphatic heterocycles. The number of benzene rings is 2. The first-order chi connectivity index (χ1) is 15.4. The van der Waals surface area contributed by atoms with Crippen molar-refractivity contribution in [3.8, 4) is 11.3 Å². The Morgan fingerprint density at radius 1 is 1.09 bits per heavy atom. The van der Waals surface area contributed by atoms with Gasteiger partial charge in [-0.25, -0.2) is 4.98 Å². The number of likely N-dealkylation sites (tertiary alicyclic amines) is 1. The number of hydrogen-bond acceptors (Lipinski definition) is 3. The third-order valence-corrected chi connectivity index (χ3v) is 6.45. The number of nitrogens with one attached hydrogen (secondary N) is 1. The Kier molecular flexibility index (Phi) is 6.89. The van der Waals surface area contributed by atoms with Crippen LogP contribution in [0.2, 0.25) is 0 Å². The molecule has 1 aliphatic rings. The Hall–Kier alpha value is -2.73. The van der Waals surface area contributed by atoms with E-state index in [2.05, 4.69) is 35.1 Å². The third kappa shape index (κ3) is 5.01. The van der Waals surface area contributed by atoms with Crippen molar-refractivity contribution in [3.63, 3.8) is 0 Å². The Morgan fingerprint density at radius 2 is 1.78 bits per heavy atom. The molecule has 1 N–H and O–H groups in total. The monoisotopic (exact) mass is 493 g/mol. The van der Waals surface area contributed by atoms with E-state index in [1.165, 1.54) is 0 Å². The van der Waals surface area contributed by atoms with Gasteiger partial charge in [0.25, 0.3) is 5.91 Å². The molecule has 1 fully saturated rings. The van der Waals surface area contributed by atoms with E-state index in [9.17, 15) is 9.59 Å². The molecule has 0 bridgehead atoms. The number of piperidine rings is 1. The first-order valence-corrected chi connectivity index (χ1v) is 11.9. The molecular formula is C26H28BrN3O2. The number of amides is 2. The number of para-hydroxylation sites is 1. The summed E-state index contributed by atoms with van der Waals surface area (Å²) in [5.74, 6) is 0.520. The van der Waals surface area contributed by atoms with Gasteiger partial charge in [-0.3, -0.25) is 9.59 Å². The fourth-order valence-electron chi connectivity index (χ4n) is 4.09. The predicted octanol–water partition coefficient (Wildman–Crippen LogP) is 5.29. The summed E-state index contributed by atoms with van der Waals surface area (Å²) in [5.41, 5.74) is 3.21. The first kappa shape index (κ1) is 22.5. The summed E-state index contributed by atoms with van der Waals surface area (Å²) < 4.78 is 0.999. The summed E-state index contributed by atoms with van der Waals surface area (Å²) in [6.45, 7) is 6.04. The minimum atomic E-state index is -0.0229. The second kappa shape index (κ2) is 9.82. The number of hydrogen-bond donors (Lipinski definition) is 1. The van der Waals surface area contributed by atoms with Gasteiger partial charge in [0, 0.05) is 41.0 Å². The lowest BCUT2D eigenvalue weighted by molar-refractivity contribution is -0.126. The minimum Gasteiger partial charge on any atom is -0.356 e. The highest BCUT2D eigenvalue weighted by Gasteiger charge is 2.28. The van der Waals surface area contributed by atoms with Crippen LogP contribution in [0.5, 0.6) is 0 Å². The fraction of sp³-hybridized carbons (Fsp3) is 0.346. The SMILES string of the molecule is CC(C)CNC(=O)C1CCN(C(=O)c2cc(-c3ccc(Br)cc3)nc3ccccc23)CC1. The zero-order valence-electron chi connectivity index (χ0n) is 18.5. The van der Waals surface area contributed by atoms with Crippen molar-refractivity contribution in [3.05, 3.63) is 64.6 Å². The van der Waals surface area contributed by atoms with Crippen molar-refractivity contribution < 1.29 is 9.59 Å². The molecule has 4 rings (SSSR count). The van der Waals surface area contributed by atoms with Crippen LogP contribution >= 0.6 is 15.9 Å². The molecule has 2 heterocycles. The van der Waals surface area contributed by atoms with Crippen molar-refractivity contribution in [2.75, 3.05) is 19.6 Å². The van der Waals surface area contributed by atoms with Gasteiger partial charge >= 0.3 is 0 Å². The van der Waals surface area contributed by atoms with Gasteiger partial charge in [-0.05, 0) is 43.0 Å². The third-order valence-electron chi connectivity index (χ3n) is 5.92. The molecule has 32 heavy (non-hydrogen) atoms. The van der Waals surface area contributed by atoms with E-state index in [4.69, 9.17) is 4.98 Å². The highest BCUT2D eigenvalue weighted by atomic mass is 79.9. The van der Waals surface area contributed by atoms with Gasteiger partial charge in [-0.2, -0.15) is 0 Å². The van der Waals surface area contributed by atoms with Crippen LogP contribution in [0.15, 0.2) is 59.1 Å². The quantitative estimate of drug-likeness (QED) is 0.525. The van der Waals surface area contributed by atoms with Crippen molar-refractivity contribution in [1.82, 2.24) is 15.2 Å². The summed E-state index contributed by atoms with van der Waals surface area (Å²) in [7, 11) is 0. The molecule has 5 nitrogen and oxygen atoms in total. The van der Waals surface area contributed by atoms with Gasteiger partial charge in [0.1, 0.15) is 0 Å². The van der Waals surface area contributed by atoms with Gasteiger partial charge < -0.3 is 10.2 Å². The molecule has 2 amide bonds. The van der Waals surface area contributed by atoms with Crippen LogP contribution in [-0.4, -0.2) is 41.3 Å². The van der Waals surface area contributed by atoms with Crippen LogP contribution in [-0.2, 0) is 4.79 Å². The minimum absolute atomic E-state index is 0.00278.